The molecule has 19 heavy (non-hydrogen) atoms. The van der Waals surface area contributed by atoms with Gasteiger partial charge in [0, 0.05) is 25.2 Å². The first-order chi connectivity index (χ1) is 8.97. The molecule has 3 nitrogen and oxygen atoms in total. The van der Waals surface area contributed by atoms with E-state index in [0.29, 0.717) is 17.9 Å². The minimum absolute atomic E-state index is 0.0638. The van der Waals surface area contributed by atoms with Gasteiger partial charge in [0.2, 0.25) is 0 Å². The lowest BCUT2D eigenvalue weighted by Gasteiger charge is -2.40. The zero-order valence-electron chi connectivity index (χ0n) is 13.2. The van der Waals surface area contributed by atoms with Gasteiger partial charge in [-0.1, -0.05) is 27.7 Å². The number of nitrogens with zero attached hydrogens (tertiary/aromatic N) is 1. The van der Waals surface area contributed by atoms with Crippen LogP contribution >= 0.6 is 0 Å². The third-order valence-electron chi connectivity index (χ3n) is 4.37. The Morgan fingerprint density at radius 3 is 2.16 bits per heavy atom. The highest BCUT2D eigenvalue weighted by Crippen LogP contribution is 2.41. The Hall–Kier alpha value is -0.120. The monoisotopic (exact) mass is 268 g/mol. The Balaban J connectivity index is 2.04. The summed E-state index contributed by atoms with van der Waals surface area (Å²) < 4.78 is 0. The van der Waals surface area contributed by atoms with Crippen LogP contribution in [0.1, 0.15) is 53.4 Å². The number of nitrogens with one attached hydrogen (secondary N) is 1. The van der Waals surface area contributed by atoms with Crippen LogP contribution in [-0.4, -0.2) is 47.3 Å². The molecule has 0 aromatic carbocycles. The van der Waals surface area contributed by atoms with Crippen LogP contribution in [0.5, 0.6) is 0 Å². The summed E-state index contributed by atoms with van der Waals surface area (Å²) in [6.45, 7) is 11.4. The molecule has 2 fully saturated rings. The predicted octanol–water partition coefficient (Wildman–Crippen LogP) is 2.25. The summed E-state index contributed by atoms with van der Waals surface area (Å²) in [5.74, 6) is 1.38. The van der Waals surface area contributed by atoms with Gasteiger partial charge in [-0.25, -0.2) is 0 Å². The maximum absolute atomic E-state index is 10.0. The SMILES string of the molecule is CC(C)CN(CC(CO)(NC(C)C)C1CC1)C1CC1. The molecule has 2 rings (SSSR count). The van der Waals surface area contributed by atoms with Crippen molar-refractivity contribution in [3.05, 3.63) is 0 Å². The summed E-state index contributed by atoms with van der Waals surface area (Å²) >= 11 is 0. The largest absolute Gasteiger partial charge is 0.394 e. The van der Waals surface area contributed by atoms with Crippen LogP contribution < -0.4 is 5.32 Å². The van der Waals surface area contributed by atoms with Gasteiger partial charge in [0.05, 0.1) is 12.1 Å². The zero-order chi connectivity index (χ0) is 14.0. The van der Waals surface area contributed by atoms with Gasteiger partial charge in [0.25, 0.3) is 0 Å². The van der Waals surface area contributed by atoms with E-state index in [0.717, 1.165) is 12.6 Å². The van der Waals surface area contributed by atoms with E-state index in [1.165, 1.54) is 32.2 Å². The maximum Gasteiger partial charge on any atom is 0.0628 e. The molecule has 0 aromatic rings. The lowest BCUT2D eigenvalue weighted by atomic mass is 9.91. The van der Waals surface area contributed by atoms with E-state index >= 15 is 0 Å². The van der Waals surface area contributed by atoms with Gasteiger partial charge in [0.1, 0.15) is 0 Å². The van der Waals surface area contributed by atoms with E-state index in [2.05, 4.69) is 37.9 Å². The second kappa shape index (κ2) is 6.11. The number of aliphatic hydroxyl groups is 1. The van der Waals surface area contributed by atoms with Crippen LogP contribution in [0.15, 0.2) is 0 Å². The lowest BCUT2D eigenvalue weighted by molar-refractivity contribution is 0.0749. The smallest absolute Gasteiger partial charge is 0.0628 e. The van der Waals surface area contributed by atoms with Crippen molar-refractivity contribution in [1.29, 1.82) is 0 Å². The molecule has 2 N–H and O–H groups in total. The van der Waals surface area contributed by atoms with Crippen molar-refractivity contribution in [2.24, 2.45) is 11.8 Å². The Kier molecular flexibility index (Phi) is 4.91. The third-order valence-corrected chi connectivity index (χ3v) is 4.37. The van der Waals surface area contributed by atoms with E-state index in [4.69, 9.17) is 0 Å². The molecular weight excluding hydrogens is 236 g/mol. The van der Waals surface area contributed by atoms with E-state index < -0.39 is 0 Å². The topological polar surface area (TPSA) is 35.5 Å². The van der Waals surface area contributed by atoms with Gasteiger partial charge in [0.15, 0.2) is 0 Å². The van der Waals surface area contributed by atoms with Crippen LogP contribution in [0.4, 0.5) is 0 Å². The van der Waals surface area contributed by atoms with Crippen LogP contribution in [0, 0.1) is 11.8 Å². The van der Waals surface area contributed by atoms with Crippen molar-refractivity contribution < 1.29 is 5.11 Å². The van der Waals surface area contributed by atoms with Crippen LogP contribution in [0.3, 0.4) is 0 Å². The third kappa shape index (κ3) is 4.17. The van der Waals surface area contributed by atoms with Crippen molar-refractivity contribution >= 4 is 0 Å². The quantitative estimate of drug-likeness (QED) is 0.673. The molecule has 0 spiro atoms. The molecule has 2 saturated carbocycles. The van der Waals surface area contributed by atoms with Crippen LogP contribution in [0.2, 0.25) is 0 Å². The average Bonchev–Trinajstić information content (AvgIpc) is 3.17. The highest BCUT2D eigenvalue weighted by atomic mass is 16.3. The first kappa shape index (κ1) is 15.3. The standard InChI is InChI=1S/C16H32N2O/c1-12(2)9-18(15-7-8-15)10-16(11-19,14-5-6-14)17-13(3)4/h12-15,17,19H,5-11H2,1-4H3. The van der Waals surface area contributed by atoms with Gasteiger partial charge in [-0.2, -0.15) is 0 Å². The zero-order valence-corrected chi connectivity index (χ0v) is 13.2. The van der Waals surface area contributed by atoms with Gasteiger partial charge in [-0.15, -0.1) is 0 Å². The van der Waals surface area contributed by atoms with Crippen molar-refractivity contribution in [3.63, 3.8) is 0 Å². The minimum atomic E-state index is -0.0638. The van der Waals surface area contributed by atoms with Crippen molar-refractivity contribution in [2.45, 2.75) is 71.0 Å². The van der Waals surface area contributed by atoms with Crippen LogP contribution in [0.25, 0.3) is 0 Å². The summed E-state index contributed by atoms with van der Waals surface area (Å²) in [7, 11) is 0. The van der Waals surface area contributed by atoms with Crippen molar-refractivity contribution in [2.75, 3.05) is 19.7 Å². The highest BCUT2D eigenvalue weighted by Gasteiger charge is 2.47. The van der Waals surface area contributed by atoms with E-state index in [1.807, 2.05) is 0 Å². The summed E-state index contributed by atoms with van der Waals surface area (Å²) in [5.41, 5.74) is -0.0638. The van der Waals surface area contributed by atoms with Gasteiger partial charge >= 0.3 is 0 Å². The molecule has 2 aliphatic carbocycles. The first-order valence-corrected chi connectivity index (χ1v) is 8.09. The van der Waals surface area contributed by atoms with Gasteiger partial charge in [-0.05, 0) is 37.5 Å². The number of aliphatic hydroxyl groups excluding tert-OH is 1. The second-order valence-corrected chi connectivity index (χ2v) is 7.44. The van der Waals surface area contributed by atoms with Crippen molar-refractivity contribution in [3.8, 4) is 0 Å². The molecule has 112 valence electrons. The molecule has 0 saturated heterocycles. The minimum Gasteiger partial charge on any atom is -0.394 e. The fraction of sp³-hybridized carbons (Fsp3) is 1.00. The second-order valence-electron chi connectivity index (χ2n) is 7.44. The predicted molar refractivity (Wildman–Crippen MR) is 80.2 cm³/mol. The summed E-state index contributed by atoms with van der Waals surface area (Å²) in [5, 5.41) is 13.7. The fourth-order valence-corrected chi connectivity index (χ4v) is 3.34. The van der Waals surface area contributed by atoms with E-state index in [1.54, 1.807) is 0 Å². The number of rotatable bonds is 9. The lowest BCUT2D eigenvalue weighted by Crippen LogP contribution is -2.60. The summed E-state index contributed by atoms with van der Waals surface area (Å²) in [6, 6.07) is 1.22. The van der Waals surface area contributed by atoms with Crippen molar-refractivity contribution in [1.82, 2.24) is 10.2 Å². The summed E-state index contributed by atoms with van der Waals surface area (Å²) in [6.07, 6.45) is 5.25. The number of hydrogen-bond donors (Lipinski definition) is 2. The van der Waals surface area contributed by atoms with E-state index in [-0.39, 0.29) is 12.1 Å². The molecule has 2 aliphatic rings. The Morgan fingerprint density at radius 2 is 1.79 bits per heavy atom. The molecule has 0 bridgehead atoms. The first-order valence-electron chi connectivity index (χ1n) is 8.09. The molecule has 0 aromatic heterocycles. The Labute approximate surface area is 118 Å². The molecular formula is C16H32N2O. The molecule has 1 atom stereocenters. The maximum atomic E-state index is 10.0. The number of hydrogen-bond acceptors (Lipinski definition) is 3. The fourth-order valence-electron chi connectivity index (χ4n) is 3.34. The van der Waals surface area contributed by atoms with E-state index in [9.17, 15) is 5.11 Å². The molecule has 0 heterocycles. The average molecular weight is 268 g/mol. The Bertz CT molecular complexity index is 284. The van der Waals surface area contributed by atoms with Gasteiger partial charge in [-0.3, -0.25) is 4.90 Å². The molecule has 0 amide bonds. The van der Waals surface area contributed by atoms with Gasteiger partial charge < -0.3 is 10.4 Å². The normalized spacial score (nSPS) is 23.4. The molecule has 0 aliphatic heterocycles. The molecule has 1 unspecified atom stereocenters. The Morgan fingerprint density at radius 1 is 1.16 bits per heavy atom. The molecule has 0 radical (unpaired) electrons. The summed E-state index contributed by atoms with van der Waals surface area (Å²) in [4.78, 5) is 2.63. The highest BCUT2D eigenvalue weighted by molar-refractivity contribution is 5.05. The van der Waals surface area contributed by atoms with Crippen LogP contribution in [-0.2, 0) is 0 Å². The molecule has 3 heteroatoms.